The van der Waals surface area contributed by atoms with E-state index in [4.69, 9.17) is 26.9 Å². The summed E-state index contributed by atoms with van der Waals surface area (Å²) in [6, 6.07) is 27.1. The van der Waals surface area contributed by atoms with Gasteiger partial charge in [-0.2, -0.15) is 9.97 Å². The van der Waals surface area contributed by atoms with Crippen LogP contribution in [0.4, 0.5) is 17.6 Å². The van der Waals surface area contributed by atoms with Crippen LogP contribution in [-0.2, 0) is 32.7 Å². The van der Waals surface area contributed by atoms with Crippen molar-refractivity contribution in [2.45, 2.75) is 32.7 Å². The standard InChI is InChI=1S/C29H28N6OS/c1-36-25-12-10-20(11-13-25)15-30-29(37)33-28-31-26(34-16-21-6-2-3-7-22(21)17-34)14-27(32-28)35-18-23-8-4-5-9-24(23)19-35/h2-14H,15-19H2,1H3,(H2,30,31,32,33,37). The van der Waals surface area contributed by atoms with Gasteiger partial charge in [-0.1, -0.05) is 60.7 Å². The minimum absolute atomic E-state index is 0.480. The van der Waals surface area contributed by atoms with E-state index >= 15 is 0 Å². The molecule has 0 spiro atoms. The smallest absolute Gasteiger partial charge is 0.232 e. The van der Waals surface area contributed by atoms with Crippen molar-refractivity contribution >= 4 is 34.9 Å². The van der Waals surface area contributed by atoms with Crippen LogP contribution in [0.1, 0.15) is 27.8 Å². The number of methoxy groups -OCH3 is 1. The molecule has 37 heavy (non-hydrogen) atoms. The van der Waals surface area contributed by atoms with Gasteiger partial charge in [0.05, 0.1) is 7.11 Å². The summed E-state index contributed by atoms with van der Waals surface area (Å²) in [4.78, 5) is 14.3. The van der Waals surface area contributed by atoms with Crippen molar-refractivity contribution in [1.29, 1.82) is 0 Å². The molecule has 0 amide bonds. The van der Waals surface area contributed by atoms with Crippen LogP contribution in [0.25, 0.3) is 0 Å². The molecule has 6 rings (SSSR count). The van der Waals surface area contributed by atoms with Crippen molar-refractivity contribution in [3.8, 4) is 5.75 Å². The molecule has 0 radical (unpaired) electrons. The van der Waals surface area contributed by atoms with Crippen LogP contribution >= 0.6 is 12.2 Å². The summed E-state index contributed by atoms with van der Waals surface area (Å²) in [5.74, 6) is 3.09. The van der Waals surface area contributed by atoms with Crippen LogP contribution in [-0.4, -0.2) is 22.2 Å². The second kappa shape index (κ2) is 10.1. The third-order valence-corrected chi connectivity index (χ3v) is 7.11. The lowest BCUT2D eigenvalue weighted by Crippen LogP contribution is -2.29. The monoisotopic (exact) mass is 508 g/mol. The summed E-state index contributed by atoms with van der Waals surface area (Å²) < 4.78 is 5.24. The average Bonchev–Trinajstić information content (AvgIpc) is 3.57. The van der Waals surface area contributed by atoms with E-state index in [9.17, 15) is 0 Å². The molecule has 0 saturated carbocycles. The Kier molecular flexibility index (Phi) is 6.32. The van der Waals surface area contributed by atoms with Gasteiger partial charge in [0.25, 0.3) is 0 Å². The van der Waals surface area contributed by atoms with Crippen LogP contribution in [0.3, 0.4) is 0 Å². The van der Waals surface area contributed by atoms with Gasteiger partial charge in [0, 0.05) is 38.8 Å². The van der Waals surface area contributed by atoms with Crippen molar-refractivity contribution in [1.82, 2.24) is 15.3 Å². The first-order valence-electron chi connectivity index (χ1n) is 12.3. The SMILES string of the molecule is COc1ccc(CNC(=S)Nc2nc(N3Cc4ccccc4C3)cc(N3Cc4ccccc4C3)n2)cc1. The van der Waals surface area contributed by atoms with Crippen molar-refractivity contribution in [2.75, 3.05) is 22.2 Å². The number of anilines is 3. The Morgan fingerprint density at radius 3 is 1.73 bits per heavy atom. The molecule has 2 aliphatic heterocycles. The number of rotatable bonds is 6. The first-order valence-corrected chi connectivity index (χ1v) is 12.8. The molecule has 186 valence electrons. The topological polar surface area (TPSA) is 65.6 Å². The van der Waals surface area contributed by atoms with E-state index in [0.29, 0.717) is 17.6 Å². The number of benzene rings is 3. The van der Waals surface area contributed by atoms with E-state index in [1.165, 1.54) is 22.3 Å². The number of fused-ring (bicyclic) bond motifs is 2. The van der Waals surface area contributed by atoms with Gasteiger partial charge in [0.1, 0.15) is 17.4 Å². The number of thiocarbonyl (C=S) groups is 1. The van der Waals surface area contributed by atoms with E-state index in [1.807, 2.05) is 24.3 Å². The van der Waals surface area contributed by atoms with Gasteiger partial charge in [0.2, 0.25) is 5.95 Å². The Bertz CT molecular complexity index is 1320. The Morgan fingerprint density at radius 1 is 0.784 bits per heavy atom. The lowest BCUT2D eigenvalue weighted by Gasteiger charge is -2.22. The highest BCUT2D eigenvalue weighted by Crippen LogP contribution is 2.32. The molecule has 0 fully saturated rings. The molecule has 1 aromatic heterocycles. The number of hydrogen-bond donors (Lipinski definition) is 2. The predicted octanol–water partition coefficient (Wildman–Crippen LogP) is 5.01. The fourth-order valence-corrected chi connectivity index (χ4v) is 5.03. The zero-order chi connectivity index (χ0) is 25.2. The zero-order valence-corrected chi connectivity index (χ0v) is 21.5. The Balaban J connectivity index is 1.22. The fraction of sp³-hybridized carbons (Fsp3) is 0.207. The Labute approximate surface area is 222 Å². The quantitative estimate of drug-likeness (QED) is 0.353. The fourth-order valence-electron chi connectivity index (χ4n) is 4.86. The number of nitrogens with zero attached hydrogens (tertiary/aromatic N) is 4. The summed E-state index contributed by atoms with van der Waals surface area (Å²) in [7, 11) is 1.66. The van der Waals surface area contributed by atoms with Crippen molar-refractivity contribution in [3.63, 3.8) is 0 Å². The maximum absolute atomic E-state index is 5.60. The molecular formula is C29H28N6OS. The van der Waals surface area contributed by atoms with Crippen LogP contribution in [0, 0.1) is 0 Å². The van der Waals surface area contributed by atoms with Crippen molar-refractivity contribution < 1.29 is 4.74 Å². The minimum atomic E-state index is 0.480. The van der Waals surface area contributed by atoms with Gasteiger partial charge in [-0.3, -0.25) is 0 Å². The molecule has 2 N–H and O–H groups in total. The van der Waals surface area contributed by atoms with Gasteiger partial charge in [-0.05, 0) is 52.2 Å². The molecule has 0 saturated heterocycles. The highest BCUT2D eigenvalue weighted by molar-refractivity contribution is 7.80. The summed E-state index contributed by atoms with van der Waals surface area (Å²) in [6.07, 6.45) is 0. The highest BCUT2D eigenvalue weighted by Gasteiger charge is 2.25. The number of aromatic nitrogens is 2. The van der Waals surface area contributed by atoms with Crippen molar-refractivity contribution in [2.24, 2.45) is 0 Å². The van der Waals surface area contributed by atoms with Gasteiger partial charge >= 0.3 is 0 Å². The van der Waals surface area contributed by atoms with Crippen LogP contribution in [0.15, 0.2) is 78.9 Å². The van der Waals surface area contributed by atoms with Crippen molar-refractivity contribution in [3.05, 3.63) is 107 Å². The van der Waals surface area contributed by atoms with Gasteiger partial charge in [-0.15, -0.1) is 0 Å². The second-order valence-corrected chi connectivity index (χ2v) is 9.72. The summed E-state index contributed by atoms with van der Waals surface area (Å²) in [5.41, 5.74) is 6.44. The maximum Gasteiger partial charge on any atom is 0.232 e. The van der Waals surface area contributed by atoms with E-state index in [1.54, 1.807) is 7.11 Å². The first-order chi connectivity index (χ1) is 18.1. The molecule has 7 nitrogen and oxygen atoms in total. The number of nitrogens with one attached hydrogen (secondary N) is 2. The van der Waals surface area contributed by atoms with Crippen LogP contribution in [0.5, 0.6) is 5.75 Å². The Morgan fingerprint density at radius 2 is 1.27 bits per heavy atom. The molecule has 0 unspecified atom stereocenters. The second-order valence-electron chi connectivity index (χ2n) is 9.31. The van der Waals surface area contributed by atoms with Gasteiger partial charge in [-0.25, -0.2) is 0 Å². The molecule has 3 heterocycles. The molecule has 3 aromatic carbocycles. The van der Waals surface area contributed by atoms with Crippen LogP contribution in [0.2, 0.25) is 0 Å². The van der Waals surface area contributed by atoms with Gasteiger partial charge in [0.15, 0.2) is 5.11 Å². The Hall–Kier alpha value is -4.17. The van der Waals surface area contributed by atoms with E-state index in [-0.39, 0.29) is 0 Å². The molecule has 2 aliphatic rings. The average molecular weight is 509 g/mol. The third-order valence-electron chi connectivity index (χ3n) is 6.87. The molecule has 8 heteroatoms. The third kappa shape index (κ3) is 5.06. The van der Waals surface area contributed by atoms with E-state index in [2.05, 4.69) is 75.0 Å². The zero-order valence-electron chi connectivity index (χ0n) is 20.6. The van der Waals surface area contributed by atoms with E-state index in [0.717, 1.165) is 49.1 Å². The van der Waals surface area contributed by atoms with Crippen LogP contribution < -0.4 is 25.2 Å². The normalized spacial score (nSPS) is 13.8. The summed E-state index contributed by atoms with van der Waals surface area (Å²) in [6.45, 7) is 3.89. The number of hydrogen-bond acceptors (Lipinski definition) is 6. The largest absolute Gasteiger partial charge is 0.497 e. The summed E-state index contributed by atoms with van der Waals surface area (Å²) >= 11 is 5.60. The lowest BCUT2D eigenvalue weighted by atomic mass is 10.1. The van der Waals surface area contributed by atoms with Gasteiger partial charge < -0.3 is 25.2 Å². The lowest BCUT2D eigenvalue weighted by molar-refractivity contribution is 0.414. The maximum atomic E-state index is 5.60. The first kappa shape index (κ1) is 23.2. The molecule has 0 bridgehead atoms. The highest BCUT2D eigenvalue weighted by atomic mass is 32.1. The predicted molar refractivity (Wildman–Crippen MR) is 151 cm³/mol. The minimum Gasteiger partial charge on any atom is -0.497 e. The molecular weight excluding hydrogens is 480 g/mol. The molecule has 4 aromatic rings. The van der Waals surface area contributed by atoms with E-state index < -0.39 is 0 Å². The summed E-state index contributed by atoms with van der Waals surface area (Å²) in [5, 5.41) is 6.97. The number of ether oxygens (including phenoxy) is 1. The molecule has 0 atom stereocenters. The molecule has 0 aliphatic carbocycles.